The van der Waals surface area contributed by atoms with Crippen LogP contribution in [0.5, 0.6) is 17.2 Å². The van der Waals surface area contributed by atoms with Gasteiger partial charge in [0.05, 0.1) is 26.5 Å². The Balaban J connectivity index is 1.80. The summed E-state index contributed by atoms with van der Waals surface area (Å²) in [5.74, 6) is 1.39. The SMILES string of the molecule is CCCOc1ccc(C=NNC(=O)CCC(=O)Nc2ccc(OC)cc2)cc1OCC. The number of methoxy groups -OCH3 is 1. The van der Waals surface area contributed by atoms with Gasteiger partial charge in [-0.3, -0.25) is 9.59 Å². The zero-order valence-electron chi connectivity index (χ0n) is 18.1. The van der Waals surface area contributed by atoms with Gasteiger partial charge in [0.15, 0.2) is 11.5 Å². The second-order valence-electron chi connectivity index (χ2n) is 6.56. The zero-order chi connectivity index (χ0) is 22.5. The van der Waals surface area contributed by atoms with Crippen molar-refractivity contribution >= 4 is 23.7 Å². The quantitative estimate of drug-likeness (QED) is 0.397. The van der Waals surface area contributed by atoms with Crippen LogP contribution in [0.25, 0.3) is 0 Å². The molecule has 0 spiro atoms. The molecule has 2 amide bonds. The Morgan fingerprint density at radius 2 is 1.71 bits per heavy atom. The lowest BCUT2D eigenvalue weighted by molar-refractivity contribution is -0.124. The van der Waals surface area contributed by atoms with E-state index in [1.165, 1.54) is 6.21 Å². The molecule has 2 aromatic rings. The molecule has 0 aliphatic rings. The minimum Gasteiger partial charge on any atom is -0.497 e. The smallest absolute Gasteiger partial charge is 0.240 e. The van der Waals surface area contributed by atoms with Gasteiger partial charge in [0.25, 0.3) is 0 Å². The van der Waals surface area contributed by atoms with E-state index < -0.39 is 0 Å². The number of anilines is 1. The fraction of sp³-hybridized carbons (Fsp3) is 0.348. The van der Waals surface area contributed by atoms with Crippen molar-refractivity contribution in [1.82, 2.24) is 5.43 Å². The summed E-state index contributed by atoms with van der Waals surface area (Å²) in [6.07, 6.45) is 2.49. The van der Waals surface area contributed by atoms with Gasteiger partial charge >= 0.3 is 0 Å². The van der Waals surface area contributed by atoms with Gasteiger partial charge in [-0.05, 0) is 61.4 Å². The Hall–Kier alpha value is -3.55. The molecule has 0 aliphatic heterocycles. The molecule has 8 nitrogen and oxygen atoms in total. The van der Waals surface area contributed by atoms with E-state index in [-0.39, 0.29) is 24.7 Å². The number of nitrogens with zero attached hydrogens (tertiary/aromatic N) is 1. The number of carbonyl (C=O) groups is 2. The molecule has 166 valence electrons. The standard InChI is InChI=1S/C23H29N3O5/c1-4-14-31-20-11-6-17(15-21(20)30-5-2)16-24-26-23(28)13-12-22(27)25-18-7-9-19(29-3)10-8-18/h6-11,15-16H,4-5,12-14H2,1-3H3,(H,25,27)(H,26,28). The van der Waals surface area contributed by atoms with E-state index in [0.717, 1.165) is 12.0 Å². The molecular weight excluding hydrogens is 398 g/mol. The molecule has 0 saturated heterocycles. The highest BCUT2D eigenvalue weighted by atomic mass is 16.5. The third-order valence-corrected chi connectivity index (χ3v) is 4.09. The molecule has 2 N–H and O–H groups in total. The van der Waals surface area contributed by atoms with E-state index in [0.29, 0.717) is 36.1 Å². The minimum atomic E-state index is -0.353. The first kappa shape index (κ1) is 23.7. The number of carbonyl (C=O) groups excluding carboxylic acids is 2. The molecule has 8 heteroatoms. The van der Waals surface area contributed by atoms with Crippen LogP contribution in [0.15, 0.2) is 47.6 Å². The van der Waals surface area contributed by atoms with Crippen molar-refractivity contribution < 1.29 is 23.8 Å². The third-order valence-electron chi connectivity index (χ3n) is 4.09. The Bertz CT molecular complexity index is 881. The van der Waals surface area contributed by atoms with Crippen molar-refractivity contribution in [1.29, 1.82) is 0 Å². The van der Waals surface area contributed by atoms with Crippen molar-refractivity contribution in [2.45, 2.75) is 33.1 Å². The van der Waals surface area contributed by atoms with Gasteiger partial charge < -0.3 is 19.5 Å². The first-order valence-corrected chi connectivity index (χ1v) is 10.2. The number of hydrogen-bond acceptors (Lipinski definition) is 6. The van der Waals surface area contributed by atoms with Gasteiger partial charge in [-0.2, -0.15) is 5.10 Å². The number of rotatable bonds is 12. The Labute approximate surface area is 182 Å². The summed E-state index contributed by atoms with van der Waals surface area (Å²) in [7, 11) is 1.57. The van der Waals surface area contributed by atoms with Crippen molar-refractivity contribution in [3.63, 3.8) is 0 Å². The molecule has 0 bridgehead atoms. The van der Waals surface area contributed by atoms with Gasteiger partial charge in [0, 0.05) is 18.5 Å². The number of hydrazone groups is 1. The van der Waals surface area contributed by atoms with Crippen molar-refractivity contribution in [2.75, 3.05) is 25.6 Å². The number of hydrogen-bond donors (Lipinski definition) is 2. The monoisotopic (exact) mass is 427 g/mol. The number of ether oxygens (including phenoxy) is 3. The van der Waals surface area contributed by atoms with Crippen LogP contribution in [0.3, 0.4) is 0 Å². The number of benzene rings is 2. The van der Waals surface area contributed by atoms with Crippen LogP contribution in [-0.2, 0) is 9.59 Å². The zero-order valence-corrected chi connectivity index (χ0v) is 18.1. The van der Waals surface area contributed by atoms with Gasteiger partial charge in [-0.1, -0.05) is 6.92 Å². The Kier molecular flexibility index (Phi) is 9.87. The van der Waals surface area contributed by atoms with Gasteiger partial charge in [0.1, 0.15) is 5.75 Å². The molecular formula is C23H29N3O5. The highest BCUT2D eigenvalue weighted by molar-refractivity contribution is 5.93. The highest BCUT2D eigenvalue weighted by Crippen LogP contribution is 2.28. The molecule has 0 unspecified atom stereocenters. The normalized spacial score (nSPS) is 10.5. The predicted molar refractivity (Wildman–Crippen MR) is 120 cm³/mol. The van der Waals surface area contributed by atoms with Crippen molar-refractivity contribution in [2.24, 2.45) is 5.10 Å². The summed E-state index contributed by atoms with van der Waals surface area (Å²) < 4.78 is 16.3. The van der Waals surface area contributed by atoms with Crippen LogP contribution in [0.2, 0.25) is 0 Å². The van der Waals surface area contributed by atoms with E-state index in [2.05, 4.69) is 15.8 Å². The van der Waals surface area contributed by atoms with Crippen molar-refractivity contribution in [3.8, 4) is 17.2 Å². The number of nitrogens with one attached hydrogen (secondary N) is 2. The van der Waals surface area contributed by atoms with Crippen LogP contribution in [0.1, 0.15) is 38.7 Å². The molecule has 0 radical (unpaired) electrons. The molecule has 2 aromatic carbocycles. The molecule has 0 heterocycles. The van der Waals surface area contributed by atoms with Gasteiger partial charge in [-0.15, -0.1) is 0 Å². The second kappa shape index (κ2) is 12.9. The van der Waals surface area contributed by atoms with E-state index >= 15 is 0 Å². The van der Waals surface area contributed by atoms with Crippen LogP contribution < -0.4 is 25.0 Å². The topological polar surface area (TPSA) is 98.2 Å². The second-order valence-corrected chi connectivity index (χ2v) is 6.56. The summed E-state index contributed by atoms with van der Waals surface area (Å²) in [5.41, 5.74) is 3.82. The largest absolute Gasteiger partial charge is 0.497 e. The number of amides is 2. The maximum absolute atomic E-state index is 12.0. The van der Waals surface area contributed by atoms with Gasteiger partial charge in [0.2, 0.25) is 11.8 Å². The van der Waals surface area contributed by atoms with E-state index in [1.807, 2.05) is 26.0 Å². The van der Waals surface area contributed by atoms with Crippen LogP contribution in [0.4, 0.5) is 5.69 Å². The molecule has 2 rings (SSSR count). The lowest BCUT2D eigenvalue weighted by Gasteiger charge is -2.11. The molecule has 31 heavy (non-hydrogen) atoms. The molecule has 0 saturated carbocycles. The maximum Gasteiger partial charge on any atom is 0.240 e. The Morgan fingerprint density at radius 3 is 2.39 bits per heavy atom. The summed E-state index contributed by atoms with van der Waals surface area (Å²) in [6.45, 7) is 5.05. The molecule has 0 fully saturated rings. The van der Waals surface area contributed by atoms with Crippen LogP contribution in [0, 0.1) is 0 Å². The lowest BCUT2D eigenvalue weighted by atomic mass is 10.2. The first-order chi connectivity index (χ1) is 15.0. The third kappa shape index (κ3) is 8.38. The van der Waals surface area contributed by atoms with Gasteiger partial charge in [-0.25, -0.2) is 5.43 Å². The first-order valence-electron chi connectivity index (χ1n) is 10.2. The van der Waals surface area contributed by atoms with E-state index in [4.69, 9.17) is 14.2 Å². The van der Waals surface area contributed by atoms with E-state index in [9.17, 15) is 9.59 Å². The van der Waals surface area contributed by atoms with Crippen LogP contribution in [-0.4, -0.2) is 38.4 Å². The highest BCUT2D eigenvalue weighted by Gasteiger charge is 2.08. The molecule has 0 atom stereocenters. The summed E-state index contributed by atoms with van der Waals surface area (Å²) in [6, 6.07) is 12.4. The van der Waals surface area contributed by atoms with E-state index in [1.54, 1.807) is 37.4 Å². The minimum absolute atomic E-state index is 0.0212. The summed E-state index contributed by atoms with van der Waals surface area (Å²) in [5, 5.41) is 6.68. The molecule has 0 aromatic heterocycles. The predicted octanol–water partition coefficient (Wildman–Crippen LogP) is 3.75. The average molecular weight is 428 g/mol. The molecule has 0 aliphatic carbocycles. The Morgan fingerprint density at radius 1 is 0.968 bits per heavy atom. The summed E-state index contributed by atoms with van der Waals surface area (Å²) >= 11 is 0. The van der Waals surface area contributed by atoms with Crippen LogP contribution >= 0.6 is 0 Å². The lowest BCUT2D eigenvalue weighted by Crippen LogP contribution is -2.20. The fourth-order valence-corrected chi connectivity index (χ4v) is 2.56. The summed E-state index contributed by atoms with van der Waals surface area (Å²) in [4.78, 5) is 23.9. The maximum atomic E-state index is 12.0. The van der Waals surface area contributed by atoms with Crippen molar-refractivity contribution in [3.05, 3.63) is 48.0 Å². The average Bonchev–Trinajstić information content (AvgIpc) is 2.78. The fourth-order valence-electron chi connectivity index (χ4n) is 2.56.